The number of amides is 1. The van der Waals surface area contributed by atoms with Crippen LogP contribution in [0, 0.1) is 0 Å². The molecule has 1 aromatic carbocycles. The molecule has 0 atom stereocenters. The predicted octanol–water partition coefficient (Wildman–Crippen LogP) is 2.82. The number of aromatic nitrogens is 2. The summed E-state index contributed by atoms with van der Waals surface area (Å²) in [7, 11) is 3.88. The van der Waals surface area contributed by atoms with Crippen LogP contribution in [0.15, 0.2) is 30.3 Å². The Morgan fingerprint density at radius 3 is 2.52 bits per heavy atom. The lowest BCUT2D eigenvalue weighted by molar-refractivity contribution is 0.0945. The van der Waals surface area contributed by atoms with E-state index >= 15 is 0 Å². The second-order valence-corrected chi connectivity index (χ2v) is 5.93. The maximum absolute atomic E-state index is 11.9. The first-order valence-electron chi connectivity index (χ1n) is 6.94. The topological polar surface area (TPSA) is 70.2 Å². The standard InChI is InChI=1S/C15H17Cl2N5O/c1-22(2)8-7-18-15(23)13-5-6-14(21-20-13)19-10-3-4-11(16)12(17)9-10/h3-6,9H,7-8H2,1-2H3,(H,18,23)(H,19,21). The van der Waals surface area contributed by atoms with Gasteiger partial charge in [-0.05, 0) is 44.4 Å². The molecule has 0 aliphatic rings. The van der Waals surface area contributed by atoms with Gasteiger partial charge < -0.3 is 15.5 Å². The summed E-state index contributed by atoms with van der Waals surface area (Å²) in [5.41, 5.74) is 1.00. The van der Waals surface area contributed by atoms with Crippen molar-refractivity contribution >= 4 is 40.6 Å². The van der Waals surface area contributed by atoms with E-state index < -0.39 is 0 Å². The number of likely N-dealkylation sites (N-methyl/N-ethyl adjacent to an activating group) is 1. The number of nitrogens with zero attached hydrogens (tertiary/aromatic N) is 3. The van der Waals surface area contributed by atoms with Crippen molar-refractivity contribution in [1.29, 1.82) is 0 Å². The first kappa shape index (κ1) is 17.5. The molecular weight excluding hydrogens is 337 g/mol. The van der Waals surface area contributed by atoms with Crippen molar-refractivity contribution in [1.82, 2.24) is 20.4 Å². The van der Waals surface area contributed by atoms with Crippen LogP contribution in [-0.2, 0) is 0 Å². The molecule has 1 aromatic heterocycles. The van der Waals surface area contributed by atoms with Gasteiger partial charge in [-0.25, -0.2) is 0 Å². The van der Waals surface area contributed by atoms with Gasteiger partial charge in [-0.2, -0.15) is 0 Å². The summed E-state index contributed by atoms with van der Waals surface area (Å²) in [4.78, 5) is 13.9. The van der Waals surface area contributed by atoms with Gasteiger partial charge in [0.2, 0.25) is 0 Å². The van der Waals surface area contributed by atoms with Gasteiger partial charge >= 0.3 is 0 Å². The summed E-state index contributed by atoms with van der Waals surface area (Å²) in [5, 5.41) is 14.6. The number of carbonyl (C=O) groups excluding carboxylic acids is 1. The molecule has 0 unspecified atom stereocenters. The van der Waals surface area contributed by atoms with Gasteiger partial charge in [0.1, 0.15) is 0 Å². The van der Waals surface area contributed by atoms with Crippen molar-refractivity contribution < 1.29 is 4.79 Å². The van der Waals surface area contributed by atoms with E-state index in [1.807, 2.05) is 19.0 Å². The molecule has 1 heterocycles. The van der Waals surface area contributed by atoms with Crippen molar-refractivity contribution in [2.75, 3.05) is 32.5 Å². The van der Waals surface area contributed by atoms with Crippen LogP contribution in [0.3, 0.4) is 0 Å². The first-order chi connectivity index (χ1) is 11.0. The SMILES string of the molecule is CN(C)CCNC(=O)c1ccc(Nc2ccc(Cl)c(Cl)c2)nn1. The summed E-state index contributed by atoms with van der Waals surface area (Å²) in [6, 6.07) is 8.44. The maximum atomic E-state index is 11.9. The van der Waals surface area contributed by atoms with E-state index in [2.05, 4.69) is 20.8 Å². The summed E-state index contributed by atoms with van der Waals surface area (Å²) in [6.07, 6.45) is 0. The molecular formula is C15H17Cl2N5O. The molecule has 0 saturated carbocycles. The van der Waals surface area contributed by atoms with E-state index in [1.165, 1.54) is 0 Å². The molecule has 2 N–H and O–H groups in total. The Balaban J connectivity index is 1.96. The van der Waals surface area contributed by atoms with Gasteiger partial charge in [0.15, 0.2) is 11.5 Å². The molecule has 0 aliphatic heterocycles. The lowest BCUT2D eigenvalue weighted by atomic mass is 10.3. The fraction of sp³-hybridized carbons (Fsp3) is 0.267. The second-order valence-electron chi connectivity index (χ2n) is 5.12. The van der Waals surface area contributed by atoms with Crippen molar-refractivity contribution in [2.45, 2.75) is 0 Å². The number of hydrogen-bond donors (Lipinski definition) is 2. The number of rotatable bonds is 6. The summed E-state index contributed by atoms with van der Waals surface area (Å²) in [5.74, 6) is 0.258. The van der Waals surface area contributed by atoms with Crippen molar-refractivity contribution in [3.63, 3.8) is 0 Å². The van der Waals surface area contributed by atoms with Crippen LogP contribution in [0.1, 0.15) is 10.5 Å². The zero-order valence-corrected chi connectivity index (χ0v) is 14.3. The van der Waals surface area contributed by atoms with Crippen LogP contribution in [0.25, 0.3) is 0 Å². The minimum Gasteiger partial charge on any atom is -0.349 e. The Morgan fingerprint density at radius 1 is 1.13 bits per heavy atom. The Hall–Kier alpha value is -1.89. The molecule has 0 bridgehead atoms. The van der Waals surface area contributed by atoms with E-state index in [4.69, 9.17) is 23.2 Å². The van der Waals surface area contributed by atoms with E-state index in [1.54, 1.807) is 30.3 Å². The van der Waals surface area contributed by atoms with Crippen molar-refractivity contribution in [3.05, 3.63) is 46.1 Å². The van der Waals surface area contributed by atoms with Gasteiger partial charge in [-0.15, -0.1) is 10.2 Å². The molecule has 0 radical (unpaired) electrons. The van der Waals surface area contributed by atoms with Crippen LogP contribution in [0.5, 0.6) is 0 Å². The Kier molecular flexibility index (Phi) is 6.15. The fourth-order valence-corrected chi connectivity index (χ4v) is 2.02. The van der Waals surface area contributed by atoms with Crippen LogP contribution < -0.4 is 10.6 Å². The third-order valence-electron chi connectivity index (χ3n) is 2.93. The lowest BCUT2D eigenvalue weighted by Gasteiger charge is -2.10. The smallest absolute Gasteiger partial charge is 0.271 e. The molecule has 0 spiro atoms. The Bertz CT molecular complexity index is 676. The maximum Gasteiger partial charge on any atom is 0.271 e. The average molecular weight is 354 g/mol. The van der Waals surface area contributed by atoms with E-state index in [-0.39, 0.29) is 11.6 Å². The predicted molar refractivity (Wildman–Crippen MR) is 92.7 cm³/mol. The number of nitrogens with one attached hydrogen (secondary N) is 2. The molecule has 23 heavy (non-hydrogen) atoms. The largest absolute Gasteiger partial charge is 0.349 e. The zero-order chi connectivity index (χ0) is 16.8. The number of benzene rings is 1. The second kappa shape index (κ2) is 8.10. The third kappa shape index (κ3) is 5.35. The summed E-state index contributed by atoms with van der Waals surface area (Å²) < 4.78 is 0. The molecule has 0 saturated heterocycles. The highest BCUT2D eigenvalue weighted by Crippen LogP contribution is 2.26. The average Bonchev–Trinajstić information content (AvgIpc) is 2.51. The minimum atomic E-state index is -0.250. The van der Waals surface area contributed by atoms with Gasteiger partial charge in [0.25, 0.3) is 5.91 Å². The highest BCUT2D eigenvalue weighted by molar-refractivity contribution is 6.42. The van der Waals surface area contributed by atoms with Crippen LogP contribution in [0.2, 0.25) is 10.0 Å². The number of halogens is 2. The molecule has 6 nitrogen and oxygen atoms in total. The summed E-state index contributed by atoms with van der Waals surface area (Å²) >= 11 is 11.8. The van der Waals surface area contributed by atoms with Crippen LogP contribution in [0.4, 0.5) is 11.5 Å². The highest BCUT2D eigenvalue weighted by atomic mass is 35.5. The lowest BCUT2D eigenvalue weighted by Crippen LogP contribution is -2.31. The third-order valence-corrected chi connectivity index (χ3v) is 3.67. The van der Waals surface area contributed by atoms with Gasteiger partial charge in [0.05, 0.1) is 10.0 Å². The monoisotopic (exact) mass is 353 g/mol. The van der Waals surface area contributed by atoms with Crippen molar-refractivity contribution in [2.24, 2.45) is 0 Å². The molecule has 0 aliphatic carbocycles. The Labute approximate surface area is 144 Å². The Morgan fingerprint density at radius 2 is 1.91 bits per heavy atom. The molecule has 8 heteroatoms. The van der Waals surface area contributed by atoms with Gasteiger partial charge in [-0.1, -0.05) is 23.2 Å². The number of carbonyl (C=O) groups is 1. The van der Waals surface area contributed by atoms with Crippen LogP contribution in [-0.4, -0.2) is 48.2 Å². The van der Waals surface area contributed by atoms with E-state index in [0.29, 0.717) is 22.4 Å². The highest BCUT2D eigenvalue weighted by Gasteiger charge is 2.08. The zero-order valence-electron chi connectivity index (χ0n) is 12.8. The molecule has 2 rings (SSSR count). The number of hydrogen-bond acceptors (Lipinski definition) is 5. The number of anilines is 2. The molecule has 1 amide bonds. The quantitative estimate of drug-likeness (QED) is 0.835. The van der Waals surface area contributed by atoms with Crippen LogP contribution >= 0.6 is 23.2 Å². The van der Waals surface area contributed by atoms with Gasteiger partial charge in [-0.3, -0.25) is 4.79 Å². The minimum absolute atomic E-state index is 0.250. The van der Waals surface area contributed by atoms with E-state index in [0.717, 1.165) is 12.2 Å². The fourth-order valence-electron chi connectivity index (χ4n) is 1.73. The van der Waals surface area contributed by atoms with Crippen molar-refractivity contribution in [3.8, 4) is 0 Å². The molecule has 0 fully saturated rings. The molecule has 122 valence electrons. The van der Waals surface area contributed by atoms with E-state index in [9.17, 15) is 4.79 Å². The van der Waals surface area contributed by atoms with Gasteiger partial charge in [0, 0.05) is 18.8 Å². The molecule has 2 aromatic rings. The normalized spacial score (nSPS) is 10.7. The summed E-state index contributed by atoms with van der Waals surface area (Å²) in [6.45, 7) is 1.31. The first-order valence-corrected chi connectivity index (χ1v) is 7.70.